The van der Waals surface area contributed by atoms with E-state index in [4.69, 9.17) is 23.2 Å². The number of sulfonamides is 1. The molecule has 0 fully saturated rings. The number of anilines is 1. The second-order valence-corrected chi connectivity index (χ2v) is 12.1. The van der Waals surface area contributed by atoms with E-state index >= 15 is 0 Å². The van der Waals surface area contributed by atoms with Crippen molar-refractivity contribution in [3.63, 3.8) is 0 Å². The molecular weight excluding hydrogens is 545 g/mol. The summed E-state index contributed by atoms with van der Waals surface area (Å²) in [7, 11) is -3.56. The Morgan fingerprint density at radius 3 is 2.08 bits per heavy atom. The van der Waals surface area contributed by atoms with Gasteiger partial charge in [-0.3, -0.25) is 13.9 Å². The zero-order valence-electron chi connectivity index (χ0n) is 22.8. The molecule has 0 aliphatic heterocycles. The number of carbonyl (C=O) groups is 2. The van der Waals surface area contributed by atoms with Crippen LogP contribution < -0.4 is 9.62 Å². The molecule has 0 radical (unpaired) electrons. The SMILES string of the molecule is CCc1ccc(N(CCCC(=O)N(Cc2c(Cl)cccc2Cl)[C@@H](CC)C(=O)N[C@H](C)CC)S(C)(=O)=O)cc1. The molecule has 2 atom stereocenters. The number of amides is 2. The minimum atomic E-state index is -3.56. The largest absolute Gasteiger partial charge is 0.352 e. The normalized spacial score (nSPS) is 13.0. The third-order valence-corrected chi connectivity index (χ3v) is 8.46. The van der Waals surface area contributed by atoms with Crippen LogP contribution in [0.15, 0.2) is 42.5 Å². The number of rotatable bonds is 14. The fraction of sp³-hybridized carbons (Fsp3) is 0.500. The first-order valence-corrected chi connectivity index (χ1v) is 15.6. The summed E-state index contributed by atoms with van der Waals surface area (Å²) in [6.45, 7) is 7.96. The number of carbonyl (C=O) groups excluding carboxylic acids is 2. The van der Waals surface area contributed by atoms with Crippen molar-refractivity contribution >= 4 is 50.7 Å². The quantitative estimate of drug-likeness (QED) is 0.303. The number of aryl methyl sites for hydroxylation is 1. The molecule has 0 bridgehead atoms. The van der Waals surface area contributed by atoms with Gasteiger partial charge in [-0.2, -0.15) is 0 Å². The summed E-state index contributed by atoms with van der Waals surface area (Å²) in [5.74, 6) is -0.519. The minimum Gasteiger partial charge on any atom is -0.352 e. The van der Waals surface area contributed by atoms with E-state index in [-0.39, 0.29) is 43.8 Å². The lowest BCUT2D eigenvalue weighted by atomic mass is 10.1. The molecule has 0 aromatic heterocycles. The summed E-state index contributed by atoms with van der Waals surface area (Å²) in [4.78, 5) is 28.2. The van der Waals surface area contributed by atoms with Gasteiger partial charge in [0, 0.05) is 41.2 Å². The van der Waals surface area contributed by atoms with Crippen LogP contribution in [0.1, 0.15) is 64.5 Å². The topological polar surface area (TPSA) is 86.8 Å². The van der Waals surface area contributed by atoms with Gasteiger partial charge in [-0.05, 0) is 62.4 Å². The van der Waals surface area contributed by atoms with Crippen molar-refractivity contribution in [2.75, 3.05) is 17.1 Å². The third kappa shape index (κ3) is 8.89. The number of nitrogens with one attached hydrogen (secondary N) is 1. The third-order valence-electron chi connectivity index (χ3n) is 6.56. The van der Waals surface area contributed by atoms with Gasteiger partial charge >= 0.3 is 0 Å². The van der Waals surface area contributed by atoms with Gasteiger partial charge in [-0.1, -0.05) is 62.2 Å². The number of halogens is 2. The summed E-state index contributed by atoms with van der Waals surface area (Å²) in [6.07, 6.45) is 3.48. The van der Waals surface area contributed by atoms with E-state index in [1.54, 1.807) is 30.3 Å². The Labute approximate surface area is 237 Å². The van der Waals surface area contributed by atoms with Gasteiger partial charge in [0.2, 0.25) is 21.8 Å². The van der Waals surface area contributed by atoms with Gasteiger partial charge in [-0.15, -0.1) is 0 Å². The molecule has 0 heterocycles. The van der Waals surface area contributed by atoms with E-state index in [0.717, 1.165) is 24.7 Å². The number of hydrogen-bond acceptors (Lipinski definition) is 4. The van der Waals surface area contributed by atoms with Gasteiger partial charge in [0.05, 0.1) is 11.9 Å². The molecule has 0 aliphatic carbocycles. The van der Waals surface area contributed by atoms with E-state index in [2.05, 4.69) is 5.32 Å². The van der Waals surface area contributed by atoms with E-state index in [9.17, 15) is 18.0 Å². The molecule has 0 saturated carbocycles. The molecule has 10 heteroatoms. The van der Waals surface area contributed by atoms with Crippen LogP contribution in [0, 0.1) is 0 Å². The smallest absolute Gasteiger partial charge is 0.243 e. The first-order valence-electron chi connectivity index (χ1n) is 13.0. The van der Waals surface area contributed by atoms with Gasteiger partial charge in [0.25, 0.3) is 0 Å². The van der Waals surface area contributed by atoms with E-state index < -0.39 is 16.1 Å². The number of hydrogen-bond donors (Lipinski definition) is 1. The lowest BCUT2D eigenvalue weighted by Gasteiger charge is -2.32. The molecule has 0 aliphatic rings. The molecule has 38 heavy (non-hydrogen) atoms. The Hall–Kier alpha value is -2.29. The Balaban J connectivity index is 2.27. The Morgan fingerprint density at radius 1 is 0.974 bits per heavy atom. The summed E-state index contributed by atoms with van der Waals surface area (Å²) < 4.78 is 26.4. The highest BCUT2D eigenvalue weighted by atomic mass is 35.5. The predicted octanol–water partition coefficient (Wildman–Crippen LogP) is 5.82. The van der Waals surface area contributed by atoms with Gasteiger partial charge in [0.15, 0.2) is 0 Å². The van der Waals surface area contributed by atoms with Crippen LogP contribution in [0.5, 0.6) is 0 Å². The molecule has 2 amide bonds. The average molecular weight is 585 g/mol. The van der Waals surface area contributed by atoms with Crippen LogP contribution in [0.25, 0.3) is 0 Å². The summed E-state index contributed by atoms with van der Waals surface area (Å²) >= 11 is 12.8. The highest BCUT2D eigenvalue weighted by Crippen LogP contribution is 2.28. The Kier molecular flexibility index (Phi) is 12.4. The zero-order valence-corrected chi connectivity index (χ0v) is 25.2. The van der Waals surface area contributed by atoms with E-state index in [0.29, 0.717) is 27.7 Å². The van der Waals surface area contributed by atoms with Gasteiger partial charge in [-0.25, -0.2) is 8.42 Å². The molecule has 210 valence electrons. The van der Waals surface area contributed by atoms with Crippen LogP contribution in [0.4, 0.5) is 5.69 Å². The minimum absolute atomic E-state index is 0.0418. The van der Waals surface area contributed by atoms with Crippen LogP contribution >= 0.6 is 23.2 Å². The lowest BCUT2D eigenvalue weighted by molar-refractivity contribution is -0.141. The van der Waals surface area contributed by atoms with E-state index in [1.165, 1.54) is 9.21 Å². The molecule has 0 spiro atoms. The first kappa shape index (κ1) is 31.9. The highest BCUT2D eigenvalue weighted by molar-refractivity contribution is 7.92. The van der Waals surface area contributed by atoms with Crippen molar-refractivity contribution in [2.45, 2.75) is 78.4 Å². The second-order valence-electron chi connectivity index (χ2n) is 9.42. The molecule has 2 aromatic carbocycles. The highest BCUT2D eigenvalue weighted by Gasteiger charge is 2.30. The van der Waals surface area contributed by atoms with Crippen molar-refractivity contribution in [2.24, 2.45) is 0 Å². The van der Waals surface area contributed by atoms with Crippen LogP contribution in [-0.2, 0) is 32.6 Å². The molecule has 2 aromatic rings. The monoisotopic (exact) mass is 583 g/mol. The summed E-state index contributed by atoms with van der Waals surface area (Å²) in [6, 6.07) is 11.7. The second kappa shape index (κ2) is 14.8. The maximum atomic E-state index is 13.6. The predicted molar refractivity (Wildman–Crippen MR) is 156 cm³/mol. The van der Waals surface area contributed by atoms with Crippen LogP contribution in [-0.4, -0.2) is 50.0 Å². The van der Waals surface area contributed by atoms with E-state index in [1.807, 2.05) is 39.8 Å². The fourth-order valence-electron chi connectivity index (χ4n) is 4.12. The molecule has 1 N–H and O–H groups in total. The fourth-order valence-corrected chi connectivity index (χ4v) is 5.60. The van der Waals surface area contributed by atoms with Crippen LogP contribution in [0.3, 0.4) is 0 Å². The maximum Gasteiger partial charge on any atom is 0.243 e. The van der Waals surface area contributed by atoms with Crippen molar-refractivity contribution in [3.05, 3.63) is 63.6 Å². The number of benzene rings is 2. The Morgan fingerprint density at radius 2 is 1.58 bits per heavy atom. The Bertz CT molecular complexity index is 1170. The summed E-state index contributed by atoms with van der Waals surface area (Å²) in [5.41, 5.74) is 2.22. The van der Waals surface area contributed by atoms with Crippen molar-refractivity contribution < 1.29 is 18.0 Å². The average Bonchev–Trinajstić information content (AvgIpc) is 2.87. The molecule has 0 saturated heterocycles. The number of nitrogens with zero attached hydrogens (tertiary/aromatic N) is 2. The molecule has 2 rings (SSSR count). The van der Waals surface area contributed by atoms with Crippen LogP contribution in [0.2, 0.25) is 10.0 Å². The van der Waals surface area contributed by atoms with Crippen molar-refractivity contribution in [3.8, 4) is 0 Å². The lowest BCUT2D eigenvalue weighted by Crippen LogP contribution is -2.50. The van der Waals surface area contributed by atoms with Crippen molar-refractivity contribution in [1.29, 1.82) is 0 Å². The van der Waals surface area contributed by atoms with Gasteiger partial charge < -0.3 is 10.2 Å². The molecule has 0 unspecified atom stereocenters. The molecule has 7 nitrogen and oxygen atoms in total. The molecular formula is C28H39Cl2N3O4S. The zero-order chi connectivity index (χ0) is 28.5. The van der Waals surface area contributed by atoms with Crippen molar-refractivity contribution in [1.82, 2.24) is 10.2 Å². The maximum absolute atomic E-state index is 13.6. The first-order chi connectivity index (χ1) is 17.9. The van der Waals surface area contributed by atoms with Gasteiger partial charge in [0.1, 0.15) is 6.04 Å². The standard InChI is InChI=1S/C28H39Cl2N3O4S/c1-6-20(4)31-28(35)26(8-3)32(19-23-24(29)11-9-12-25(23)30)27(34)13-10-18-33(38(5,36)37)22-16-14-21(7-2)15-17-22/h9,11-12,14-17,20,26H,6-8,10,13,18-19H2,1-5H3,(H,31,35)/t20-,26+/m1/s1. The summed E-state index contributed by atoms with van der Waals surface area (Å²) in [5, 5.41) is 3.79.